The fourth-order valence-electron chi connectivity index (χ4n) is 1.78. The number of methoxy groups -OCH3 is 1. The van der Waals surface area contributed by atoms with Crippen molar-refractivity contribution in [1.82, 2.24) is 9.55 Å². The number of aromatic nitrogens is 2. The number of nitrogen functional groups attached to an aromatic ring is 1. The SMILES string of the molecule is COc1ccc(Cn2cnc(C#N)c2C#N)cc1N. The normalized spacial score (nSPS) is 9.63. The van der Waals surface area contributed by atoms with Crippen LogP contribution in [0, 0.1) is 22.7 Å². The van der Waals surface area contributed by atoms with Crippen LogP contribution in [0.4, 0.5) is 5.69 Å². The maximum absolute atomic E-state index is 9.03. The second-order valence-corrected chi connectivity index (χ2v) is 3.87. The van der Waals surface area contributed by atoms with Gasteiger partial charge in [0.05, 0.1) is 19.1 Å². The van der Waals surface area contributed by atoms with E-state index in [2.05, 4.69) is 4.98 Å². The van der Waals surface area contributed by atoms with Crippen LogP contribution >= 0.6 is 0 Å². The van der Waals surface area contributed by atoms with E-state index in [-0.39, 0.29) is 11.4 Å². The van der Waals surface area contributed by atoms with Gasteiger partial charge in [0.1, 0.15) is 17.9 Å². The highest BCUT2D eigenvalue weighted by Crippen LogP contribution is 2.22. The van der Waals surface area contributed by atoms with Crippen LogP contribution in [-0.4, -0.2) is 16.7 Å². The highest BCUT2D eigenvalue weighted by molar-refractivity contribution is 5.54. The number of nitrogens with zero attached hydrogens (tertiary/aromatic N) is 4. The summed E-state index contributed by atoms with van der Waals surface area (Å²) in [7, 11) is 1.55. The zero-order chi connectivity index (χ0) is 13.8. The van der Waals surface area contributed by atoms with Crippen LogP contribution in [0.3, 0.4) is 0 Å². The average molecular weight is 253 g/mol. The van der Waals surface area contributed by atoms with E-state index in [9.17, 15) is 0 Å². The lowest BCUT2D eigenvalue weighted by atomic mass is 10.2. The first kappa shape index (κ1) is 12.5. The van der Waals surface area contributed by atoms with Gasteiger partial charge in [-0.25, -0.2) is 4.98 Å². The number of nitriles is 2. The van der Waals surface area contributed by atoms with Crippen molar-refractivity contribution < 1.29 is 4.74 Å². The minimum atomic E-state index is 0.129. The third-order valence-electron chi connectivity index (χ3n) is 2.70. The molecule has 94 valence electrons. The zero-order valence-corrected chi connectivity index (χ0v) is 10.3. The summed E-state index contributed by atoms with van der Waals surface area (Å²) in [5.74, 6) is 0.604. The van der Waals surface area contributed by atoms with Gasteiger partial charge in [-0.3, -0.25) is 0 Å². The summed E-state index contributed by atoms with van der Waals surface area (Å²) in [5, 5.41) is 17.9. The van der Waals surface area contributed by atoms with Crippen LogP contribution in [0.2, 0.25) is 0 Å². The Morgan fingerprint density at radius 3 is 2.74 bits per heavy atom. The zero-order valence-electron chi connectivity index (χ0n) is 10.3. The van der Waals surface area contributed by atoms with E-state index in [0.717, 1.165) is 5.56 Å². The molecular formula is C13H11N5O. The molecule has 0 atom stereocenters. The fraction of sp³-hybridized carbons (Fsp3) is 0.154. The van der Waals surface area contributed by atoms with Crippen molar-refractivity contribution in [2.45, 2.75) is 6.54 Å². The molecule has 2 aromatic rings. The summed E-state index contributed by atoms with van der Waals surface area (Å²) in [6, 6.07) is 9.24. The van der Waals surface area contributed by atoms with E-state index >= 15 is 0 Å². The Morgan fingerprint density at radius 2 is 2.16 bits per heavy atom. The number of benzene rings is 1. The van der Waals surface area contributed by atoms with Crippen LogP contribution in [-0.2, 0) is 6.54 Å². The lowest BCUT2D eigenvalue weighted by Gasteiger charge is -2.08. The summed E-state index contributed by atoms with van der Waals surface area (Å²) >= 11 is 0. The topological polar surface area (TPSA) is 101 Å². The lowest BCUT2D eigenvalue weighted by Crippen LogP contribution is -2.03. The van der Waals surface area contributed by atoms with Crippen molar-refractivity contribution >= 4 is 5.69 Å². The van der Waals surface area contributed by atoms with E-state index in [4.69, 9.17) is 21.0 Å². The molecule has 0 saturated heterocycles. The third kappa shape index (κ3) is 2.33. The van der Waals surface area contributed by atoms with Gasteiger partial charge in [-0.2, -0.15) is 10.5 Å². The highest BCUT2D eigenvalue weighted by atomic mass is 16.5. The molecule has 6 heteroatoms. The third-order valence-corrected chi connectivity index (χ3v) is 2.70. The van der Waals surface area contributed by atoms with Gasteiger partial charge in [-0.05, 0) is 17.7 Å². The van der Waals surface area contributed by atoms with Crippen molar-refractivity contribution in [2.24, 2.45) is 0 Å². The molecule has 2 N–H and O–H groups in total. The summed E-state index contributed by atoms with van der Waals surface area (Å²) in [5.41, 5.74) is 7.62. The van der Waals surface area contributed by atoms with Crippen molar-refractivity contribution in [3.63, 3.8) is 0 Å². The molecule has 0 spiro atoms. The fourth-order valence-corrected chi connectivity index (χ4v) is 1.78. The van der Waals surface area contributed by atoms with Gasteiger partial charge in [-0.15, -0.1) is 0 Å². The van der Waals surface area contributed by atoms with E-state index in [1.54, 1.807) is 23.8 Å². The molecule has 0 amide bonds. The number of ether oxygens (including phenoxy) is 1. The minimum Gasteiger partial charge on any atom is -0.495 e. The number of imidazole rings is 1. The predicted molar refractivity (Wildman–Crippen MR) is 68.2 cm³/mol. The monoisotopic (exact) mass is 253 g/mol. The van der Waals surface area contributed by atoms with Gasteiger partial charge in [0.25, 0.3) is 0 Å². The number of hydrogen-bond donors (Lipinski definition) is 1. The second kappa shape index (κ2) is 5.11. The highest BCUT2D eigenvalue weighted by Gasteiger charge is 2.10. The maximum Gasteiger partial charge on any atom is 0.176 e. The van der Waals surface area contributed by atoms with Gasteiger partial charge in [-0.1, -0.05) is 6.07 Å². The van der Waals surface area contributed by atoms with Crippen LogP contribution in [0.25, 0.3) is 0 Å². The molecule has 1 aromatic carbocycles. The van der Waals surface area contributed by atoms with Crippen molar-refractivity contribution in [2.75, 3.05) is 12.8 Å². The van der Waals surface area contributed by atoms with Gasteiger partial charge in [0.2, 0.25) is 0 Å². The van der Waals surface area contributed by atoms with Crippen LogP contribution in [0.15, 0.2) is 24.5 Å². The van der Waals surface area contributed by atoms with E-state index in [0.29, 0.717) is 18.0 Å². The van der Waals surface area contributed by atoms with E-state index in [1.807, 2.05) is 18.2 Å². The summed E-state index contributed by atoms with van der Waals surface area (Å²) in [6.45, 7) is 0.422. The first-order valence-corrected chi connectivity index (χ1v) is 5.47. The molecule has 0 saturated carbocycles. The summed E-state index contributed by atoms with van der Waals surface area (Å²) in [6.07, 6.45) is 1.47. The van der Waals surface area contributed by atoms with Crippen molar-refractivity contribution in [1.29, 1.82) is 10.5 Å². The Balaban J connectivity index is 2.32. The van der Waals surface area contributed by atoms with E-state index < -0.39 is 0 Å². The standard InChI is InChI=1S/C13H11N5O/c1-19-13-3-2-9(4-10(13)16)7-18-8-17-11(5-14)12(18)6-15/h2-4,8H,7,16H2,1H3. The number of nitrogens with two attached hydrogens (primary N) is 1. The molecule has 0 bridgehead atoms. The van der Waals surface area contributed by atoms with Crippen LogP contribution in [0.5, 0.6) is 5.75 Å². The Morgan fingerprint density at radius 1 is 1.37 bits per heavy atom. The Bertz CT molecular complexity index is 690. The molecule has 0 aliphatic rings. The minimum absolute atomic E-state index is 0.129. The maximum atomic E-state index is 9.03. The Kier molecular flexibility index (Phi) is 3.35. The molecule has 0 radical (unpaired) electrons. The van der Waals surface area contributed by atoms with Gasteiger partial charge in [0.15, 0.2) is 11.4 Å². The number of anilines is 1. The average Bonchev–Trinajstić information content (AvgIpc) is 2.81. The quantitative estimate of drug-likeness (QED) is 0.830. The molecular weight excluding hydrogens is 242 g/mol. The van der Waals surface area contributed by atoms with Crippen molar-refractivity contribution in [3.05, 3.63) is 41.5 Å². The van der Waals surface area contributed by atoms with Crippen LogP contribution in [0.1, 0.15) is 17.0 Å². The summed E-state index contributed by atoms with van der Waals surface area (Å²) < 4.78 is 6.69. The van der Waals surface area contributed by atoms with Gasteiger partial charge >= 0.3 is 0 Å². The van der Waals surface area contributed by atoms with Gasteiger partial charge in [0, 0.05) is 6.54 Å². The van der Waals surface area contributed by atoms with E-state index in [1.165, 1.54) is 6.33 Å². The first-order valence-electron chi connectivity index (χ1n) is 5.47. The number of hydrogen-bond acceptors (Lipinski definition) is 5. The molecule has 6 nitrogen and oxygen atoms in total. The molecule has 0 fully saturated rings. The molecule has 2 rings (SSSR count). The molecule has 19 heavy (non-hydrogen) atoms. The molecule has 1 aromatic heterocycles. The predicted octanol–water partition coefficient (Wildman–Crippen LogP) is 1.27. The lowest BCUT2D eigenvalue weighted by molar-refractivity contribution is 0.417. The summed E-state index contributed by atoms with van der Waals surface area (Å²) in [4.78, 5) is 3.88. The molecule has 0 aliphatic carbocycles. The largest absolute Gasteiger partial charge is 0.495 e. The van der Waals surface area contributed by atoms with Gasteiger partial charge < -0.3 is 15.0 Å². The van der Waals surface area contributed by atoms with Crippen molar-refractivity contribution in [3.8, 4) is 17.9 Å². The number of rotatable bonds is 3. The first-order chi connectivity index (χ1) is 9.19. The molecule has 1 heterocycles. The van der Waals surface area contributed by atoms with Crippen LogP contribution < -0.4 is 10.5 Å². The Hall–Kier alpha value is -2.99. The molecule has 0 aliphatic heterocycles. The molecule has 0 unspecified atom stereocenters. The second-order valence-electron chi connectivity index (χ2n) is 3.87. The smallest absolute Gasteiger partial charge is 0.176 e. The Labute approximate surface area is 110 Å².